The van der Waals surface area contributed by atoms with E-state index in [-0.39, 0.29) is 0 Å². The summed E-state index contributed by atoms with van der Waals surface area (Å²) < 4.78 is 0. The second-order valence-corrected chi connectivity index (χ2v) is 5.30. The topological polar surface area (TPSA) is 12.0 Å². The van der Waals surface area contributed by atoms with Crippen molar-refractivity contribution in [2.24, 2.45) is 5.92 Å². The molecular weight excluding hydrogens is 194 g/mol. The lowest BCUT2D eigenvalue weighted by molar-refractivity contribution is 0.355. The molecule has 1 nitrogen and oxygen atoms in total. The van der Waals surface area contributed by atoms with Crippen molar-refractivity contribution in [3.05, 3.63) is 11.6 Å². The van der Waals surface area contributed by atoms with Crippen LogP contribution in [-0.2, 0) is 0 Å². The molecule has 0 bridgehead atoms. The Morgan fingerprint density at radius 3 is 2.62 bits per heavy atom. The van der Waals surface area contributed by atoms with Gasteiger partial charge in [-0.05, 0) is 45.2 Å². The molecule has 0 atom stereocenters. The first-order valence-electron chi connectivity index (χ1n) is 7.19. The third kappa shape index (κ3) is 6.32. The van der Waals surface area contributed by atoms with Gasteiger partial charge in [0.05, 0.1) is 0 Å². The SMILES string of the molecule is CCCNCCC=C(C)CC1CCCCC1. The van der Waals surface area contributed by atoms with Crippen molar-refractivity contribution in [1.82, 2.24) is 5.32 Å². The lowest BCUT2D eigenvalue weighted by Crippen LogP contribution is -2.15. The van der Waals surface area contributed by atoms with Crippen LogP contribution in [0.5, 0.6) is 0 Å². The predicted molar refractivity (Wildman–Crippen MR) is 72.7 cm³/mol. The maximum Gasteiger partial charge on any atom is -0.00142 e. The monoisotopic (exact) mass is 223 g/mol. The minimum absolute atomic E-state index is 0.994. The summed E-state index contributed by atoms with van der Waals surface area (Å²) in [5.74, 6) is 0.994. The van der Waals surface area contributed by atoms with E-state index in [1.807, 2.05) is 0 Å². The van der Waals surface area contributed by atoms with Gasteiger partial charge in [-0.15, -0.1) is 0 Å². The van der Waals surface area contributed by atoms with Crippen molar-refractivity contribution >= 4 is 0 Å². The Morgan fingerprint density at radius 2 is 1.94 bits per heavy atom. The van der Waals surface area contributed by atoms with Crippen LogP contribution in [0.2, 0.25) is 0 Å². The standard InChI is InChI=1S/C15H29N/c1-3-11-16-12-7-8-14(2)13-15-9-5-4-6-10-15/h8,15-16H,3-7,9-13H2,1-2H3. The average Bonchev–Trinajstić information content (AvgIpc) is 2.30. The number of allylic oxidation sites excluding steroid dienone is 1. The molecule has 0 radical (unpaired) electrons. The first kappa shape index (κ1) is 13.8. The highest BCUT2D eigenvalue weighted by Crippen LogP contribution is 2.28. The summed E-state index contributed by atoms with van der Waals surface area (Å²) in [5.41, 5.74) is 1.62. The number of hydrogen-bond acceptors (Lipinski definition) is 1. The lowest BCUT2D eigenvalue weighted by atomic mass is 9.85. The first-order chi connectivity index (χ1) is 7.83. The fourth-order valence-electron chi connectivity index (χ4n) is 2.65. The molecule has 1 saturated carbocycles. The minimum atomic E-state index is 0.994. The Morgan fingerprint density at radius 1 is 1.19 bits per heavy atom. The lowest BCUT2D eigenvalue weighted by Gasteiger charge is -2.21. The van der Waals surface area contributed by atoms with E-state index in [0.29, 0.717) is 0 Å². The molecule has 0 heterocycles. The maximum atomic E-state index is 3.45. The summed E-state index contributed by atoms with van der Waals surface area (Å²) in [6, 6.07) is 0. The van der Waals surface area contributed by atoms with Crippen molar-refractivity contribution in [3.63, 3.8) is 0 Å². The Kier molecular flexibility index (Phi) is 7.58. The molecule has 1 heteroatoms. The summed E-state index contributed by atoms with van der Waals surface area (Å²) >= 11 is 0. The van der Waals surface area contributed by atoms with Gasteiger partial charge in [0.1, 0.15) is 0 Å². The fraction of sp³-hybridized carbons (Fsp3) is 0.867. The van der Waals surface area contributed by atoms with Gasteiger partial charge in [0.25, 0.3) is 0 Å². The van der Waals surface area contributed by atoms with Gasteiger partial charge in [-0.2, -0.15) is 0 Å². The van der Waals surface area contributed by atoms with Crippen LogP contribution in [0.15, 0.2) is 11.6 Å². The van der Waals surface area contributed by atoms with Gasteiger partial charge in [-0.1, -0.05) is 50.7 Å². The molecule has 0 amide bonds. The molecule has 16 heavy (non-hydrogen) atoms. The molecule has 1 N–H and O–H groups in total. The van der Waals surface area contributed by atoms with Gasteiger partial charge in [-0.25, -0.2) is 0 Å². The van der Waals surface area contributed by atoms with E-state index >= 15 is 0 Å². The first-order valence-corrected chi connectivity index (χ1v) is 7.19. The molecule has 0 aliphatic heterocycles. The van der Waals surface area contributed by atoms with Crippen molar-refractivity contribution in [3.8, 4) is 0 Å². The molecule has 0 aromatic carbocycles. The summed E-state index contributed by atoms with van der Waals surface area (Å²) in [6.07, 6.45) is 13.6. The Bertz CT molecular complexity index is 190. The molecule has 94 valence electrons. The second-order valence-electron chi connectivity index (χ2n) is 5.30. The number of nitrogens with one attached hydrogen (secondary N) is 1. The molecule has 1 aliphatic rings. The summed E-state index contributed by atoms with van der Waals surface area (Å²) in [5, 5.41) is 3.45. The molecule has 1 aliphatic carbocycles. The molecule has 1 rings (SSSR count). The van der Waals surface area contributed by atoms with E-state index in [1.54, 1.807) is 5.57 Å². The average molecular weight is 223 g/mol. The van der Waals surface area contributed by atoms with Gasteiger partial charge >= 0.3 is 0 Å². The summed E-state index contributed by atoms with van der Waals surface area (Å²) in [7, 11) is 0. The van der Waals surface area contributed by atoms with Gasteiger partial charge in [0.2, 0.25) is 0 Å². The van der Waals surface area contributed by atoms with E-state index < -0.39 is 0 Å². The van der Waals surface area contributed by atoms with Gasteiger partial charge < -0.3 is 5.32 Å². The van der Waals surface area contributed by atoms with E-state index in [9.17, 15) is 0 Å². The quantitative estimate of drug-likeness (QED) is 0.501. The van der Waals surface area contributed by atoms with Crippen LogP contribution < -0.4 is 5.32 Å². The van der Waals surface area contributed by atoms with Gasteiger partial charge in [-0.3, -0.25) is 0 Å². The highest BCUT2D eigenvalue weighted by molar-refractivity contribution is 4.99. The van der Waals surface area contributed by atoms with Crippen LogP contribution >= 0.6 is 0 Å². The van der Waals surface area contributed by atoms with Crippen LogP contribution in [0, 0.1) is 5.92 Å². The van der Waals surface area contributed by atoms with E-state index in [1.165, 1.54) is 51.4 Å². The van der Waals surface area contributed by atoms with Crippen molar-refractivity contribution in [2.45, 2.75) is 65.2 Å². The normalized spacial score (nSPS) is 19.0. The highest BCUT2D eigenvalue weighted by atomic mass is 14.8. The van der Waals surface area contributed by atoms with E-state index in [4.69, 9.17) is 0 Å². The van der Waals surface area contributed by atoms with E-state index in [2.05, 4.69) is 25.2 Å². The van der Waals surface area contributed by atoms with Crippen LogP contribution in [0.4, 0.5) is 0 Å². The second kappa shape index (κ2) is 8.81. The third-order valence-corrected chi connectivity index (χ3v) is 3.58. The number of hydrogen-bond donors (Lipinski definition) is 1. The highest BCUT2D eigenvalue weighted by Gasteiger charge is 2.13. The zero-order valence-electron chi connectivity index (χ0n) is 11.2. The largest absolute Gasteiger partial charge is 0.316 e. The molecule has 0 spiro atoms. The number of rotatable bonds is 7. The van der Waals surface area contributed by atoms with E-state index in [0.717, 1.165) is 19.0 Å². The molecular formula is C15H29N. The molecule has 0 aromatic heterocycles. The van der Waals surface area contributed by atoms with Crippen LogP contribution in [-0.4, -0.2) is 13.1 Å². The summed E-state index contributed by atoms with van der Waals surface area (Å²) in [4.78, 5) is 0. The Hall–Kier alpha value is -0.300. The molecule has 0 unspecified atom stereocenters. The molecule has 0 aromatic rings. The van der Waals surface area contributed by atoms with Crippen LogP contribution in [0.1, 0.15) is 65.2 Å². The van der Waals surface area contributed by atoms with Gasteiger partial charge in [0, 0.05) is 0 Å². The van der Waals surface area contributed by atoms with Crippen LogP contribution in [0.25, 0.3) is 0 Å². The maximum absolute atomic E-state index is 3.45. The van der Waals surface area contributed by atoms with Crippen LogP contribution in [0.3, 0.4) is 0 Å². The fourth-order valence-corrected chi connectivity index (χ4v) is 2.65. The molecule has 0 saturated heterocycles. The molecule has 1 fully saturated rings. The Balaban J connectivity index is 2.07. The van der Waals surface area contributed by atoms with Crippen molar-refractivity contribution in [2.75, 3.05) is 13.1 Å². The smallest absolute Gasteiger partial charge is 0.00142 e. The Labute approximate surface area is 102 Å². The third-order valence-electron chi connectivity index (χ3n) is 3.58. The zero-order chi connectivity index (χ0) is 11.6. The zero-order valence-corrected chi connectivity index (χ0v) is 11.2. The van der Waals surface area contributed by atoms with Gasteiger partial charge in [0.15, 0.2) is 0 Å². The van der Waals surface area contributed by atoms with Crippen molar-refractivity contribution < 1.29 is 0 Å². The minimum Gasteiger partial charge on any atom is -0.316 e. The summed E-state index contributed by atoms with van der Waals surface area (Å²) in [6.45, 7) is 6.84. The predicted octanol–water partition coefficient (Wildman–Crippen LogP) is 4.29. The van der Waals surface area contributed by atoms with Crippen molar-refractivity contribution in [1.29, 1.82) is 0 Å².